The number of ether oxygens (including phenoxy) is 1. The molecule has 6 heteroatoms. The lowest BCUT2D eigenvalue weighted by molar-refractivity contribution is 0.207. The van der Waals surface area contributed by atoms with E-state index in [4.69, 9.17) is 9.15 Å². The molecule has 0 spiro atoms. The standard InChI is InChI=1S/C14H25N3O2.HI/c1-14(2,3)17-13(16-9-11-18-4)15-8-7-12-6-5-10-19-12;/h5-6,10H,7-9,11H2,1-4H3,(H2,15,16,17);1H. The number of nitrogens with zero attached hydrogens (tertiary/aromatic N) is 1. The summed E-state index contributed by atoms with van der Waals surface area (Å²) in [6.07, 6.45) is 2.53. The molecule has 1 aromatic rings. The van der Waals surface area contributed by atoms with Crippen LogP contribution in [0.5, 0.6) is 0 Å². The first-order valence-corrected chi connectivity index (χ1v) is 6.59. The summed E-state index contributed by atoms with van der Waals surface area (Å²) in [6, 6.07) is 3.87. The zero-order valence-electron chi connectivity index (χ0n) is 12.7. The molecular weight excluding hydrogens is 369 g/mol. The fourth-order valence-electron chi connectivity index (χ4n) is 1.50. The van der Waals surface area contributed by atoms with Crippen molar-refractivity contribution < 1.29 is 9.15 Å². The van der Waals surface area contributed by atoms with Gasteiger partial charge in [-0.05, 0) is 32.9 Å². The summed E-state index contributed by atoms with van der Waals surface area (Å²) in [4.78, 5) is 4.46. The van der Waals surface area contributed by atoms with Gasteiger partial charge in [-0.15, -0.1) is 24.0 Å². The lowest BCUT2D eigenvalue weighted by Gasteiger charge is -2.24. The van der Waals surface area contributed by atoms with Gasteiger partial charge in [0.05, 0.1) is 19.4 Å². The van der Waals surface area contributed by atoms with Crippen molar-refractivity contribution in [2.45, 2.75) is 32.7 Å². The van der Waals surface area contributed by atoms with Crippen molar-refractivity contribution in [1.82, 2.24) is 10.6 Å². The Labute approximate surface area is 138 Å². The zero-order chi connectivity index (χ0) is 14.1. The van der Waals surface area contributed by atoms with Crippen LogP contribution < -0.4 is 10.6 Å². The van der Waals surface area contributed by atoms with Gasteiger partial charge in [0.15, 0.2) is 5.96 Å². The molecule has 1 aromatic heterocycles. The van der Waals surface area contributed by atoms with Gasteiger partial charge in [-0.25, -0.2) is 0 Å². The molecule has 2 N–H and O–H groups in total. The SMILES string of the molecule is COCCN=C(NCCc1ccco1)NC(C)(C)C.I. The molecule has 0 aliphatic heterocycles. The van der Waals surface area contributed by atoms with Gasteiger partial charge in [0, 0.05) is 25.6 Å². The molecule has 5 nitrogen and oxygen atoms in total. The summed E-state index contributed by atoms with van der Waals surface area (Å²) in [5.74, 6) is 1.77. The third-order valence-electron chi connectivity index (χ3n) is 2.30. The normalized spacial score (nSPS) is 11.9. The van der Waals surface area contributed by atoms with Crippen LogP contribution in [-0.4, -0.2) is 38.3 Å². The van der Waals surface area contributed by atoms with Crippen molar-refractivity contribution in [2.24, 2.45) is 4.99 Å². The summed E-state index contributed by atoms with van der Waals surface area (Å²) in [6.45, 7) is 8.35. The zero-order valence-corrected chi connectivity index (χ0v) is 15.1. The van der Waals surface area contributed by atoms with Gasteiger partial charge in [0.1, 0.15) is 5.76 Å². The maximum absolute atomic E-state index is 5.29. The topological polar surface area (TPSA) is 58.8 Å². The van der Waals surface area contributed by atoms with Crippen LogP contribution >= 0.6 is 24.0 Å². The number of halogens is 1. The molecule has 0 atom stereocenters. The van der Waals surface area contributed by atoms with Crippen molar-refractivity contribution in [3.63, 3.8) is 0 Å². The Morgan fingerprint density at radius 3 is 2.70 bits per heavy atom. The lowest BCUT2D eigenvalue weighted by Crippen LogP contribution is -2.48. The lowest BCUT2D eigenvalue weighted by atomic mass is 10.1. The highest BCUT2D eigenvalue weighted by Crippen LogP contribution is 2.00. The van der Waals surface area contributed by atoms with Crippen LogP contribution in [0, 0.1) is 0 Å². The molecule has 0 saturated carbocycles. The van der Waals surface area contributed by atoms with E-state index in [1.807, 2.05) is 12.1 Å². The van der Waals surface area contributed by atoms with E-state index in [1.54, 1.807) is 13.4 Å². The Bertz CT molecular complexity index is 372. The molecule has 0 aliphatic rings. The predicted octanol–water partition coefficient (Wildman–Crippen LogP) is 2.42. The third kappa shape index (κ3) is 9.19. The summed E-state index contributed by atoms with van der Waals surface area (Å²) < 4.78 is 10.3. The number of methoxy groups -OCH3 is 1. The van der Waals surface area contributed by atoms with E-state index < -0.39 is 0 Å². The minimum absolute atomic E-state index is 0. The van der Waals surface area contributed by atoms with Gasteiger partial charge in [-0.3, -0.25) is 4.99 Å². The Balaban J connectivity index is 0.00000361. The second-order valence-electron chi connectivity index (χ2n) is 5.35. The molecule has 0 amide bonds. The molecule has 0 saturated heterocycles. The number of aliphatic imine (C=N–C) groups is 1. The molecule has 0 aromatic carbocycles. The fourth-order valence-corrected chi connectivity index (χ4v) is 1.50. The average molecular weight is 395 g/mol. The minimum Gasteiger partial charge on any atom is -0.469 e. The average Bonchev–Trinajstić information content (AvgIpc) is 2.80. The van der Waals surface area contributed by atoms with Gasteiger partial charge in [-0.1, -0.05) is 0 Å². The molecular formula is C14H26IN3O2. The monoisotopic (exact) mass is 395 g/mol. The van der Waals surface area contributed by atoms with Crippen LogP contribution in [0.15, 0.2) is 27.8 Å². The van der Waals surface area contributed by atoms with Crippen LogP contribution in [0.2, 0.25) is 0 Å². The van der Waals surface area contributed by atoms with E-state index in [1.165, 1.54) is 0 Å². The minimum atomic E-state index is -0.0242. The molecule has 0 fully saturated rings. The first kappa shape index (κ1) is 19.2. The smallest absolute Gasteiger partial charge is 0.191 e. The van der Waals surface area contributed by atoms with Gasteiger partial charge >= 0.3 is 0 Å². The largest absolute Gasteiger partial charge is 0.469 e. The molecule has 0 unspecified atom stereocenters. The van der Waals surface area contributed by atoms with Crippen molar-refractivity contribution in [3.05, 3.63) is 24.2 Å². The number of guanidine groups is 1. The van der Waals surface area contributed by atoms with Crippen LogP contribution in [0.25, 0.3) is 0 Å². The first-order chi connectivity index (χ1) is 9.01. The van der Waals surface area contributed by atoms with Crippen LogP contribution in [-0.2, 0) is 11.2 Å². The summed E-state index contributed by atoms with van der Waals surface area (Å²) >= 11 is 0. The van der Waals surface area contributed by atoms with Gasteiger partial charge in [0.25, 0.3) is 0 Å². The number of hydrogen-bond donors (Lipinski definition) is 2. The highest BCUT2D eigenvalue weighted by atomic mass is 127. The Morgan fingerprint density at radius 1 is 1.40 bits per heavy atom. The summed E-state index contributed by atoms with van der Waals surface area (Å²) in [5.41, 5.74) is -0.0242. The van der Waals surface area contributed by atoms with Crippen molar-refractivity contribution in [3.8, 4) is 0 Å². The van der Waals surface area contributed by atoms with E-state index in [9.17, 15) is 0 Å². The van der Waals surface area contributed by atoms with Crippen LogP contribution in [0.1, 0.15) is 26.5 Å². The molecule has 1 rings (SSSR count). The molecule has 116 valence electrons. The van der Waals surface area contributed by atoms with Gasteiger partial charge < -0.3 is 19.8 Å². The van der Waals surface area contributed by atoms with Gasteiger partial charge in [0.2, 0.25) is 0 Å². The first-order valence-electron chi connectivity index (χ1n) is 6.59. The Morgan fingerprint density at radius 2 is 2.15 bits per heavy atom. The van der Waals surface area contributed by atoms with Gasteiger partial charge in [-0.2, -0.15) is 0 Å². The van der Waals surface area contributed by atoms with Crippen molar-refractivity contribution in [1.29, 1.82) is 0 Å². The number of furan rings is 1. The van der Waals surface area contributed by atoms with E-state index >= 15 is 0 Å². The summed E-state index contributed by atoms with van der Waals surface area (Å²) in [7, 11) is 1.68. The summed E-state index contributed by atoms with van der Waals surface area (Å²) in [5, 5.41) is 6.64. The fraction of sp³-hybridized carbons (Fsp3) is 0.643. The molecule has 1 heterocycles. The van der Waals surface area contributed by atoms with Crippen LogP contribution in [0.3, 0.4) is 0 Å². The maximum Gasteiger partial charge on any atom is 0.191 e. The predicted molar refractivity (Wildman–Crippen MR) is 92.9 cm³/mol. The highest BCUT2D eigenvalue weighted by molar-refractivity contribution is 14.0. The molecule has 0 radical (unpaired) electrons. The van der Waals surface area contributed by atoms with Crippen LogP contribution in [0.4, 0.5) is 0 Å². The highest BCUT2D eigenvalue weighted by Gasteiger charge is 2.11. The molecule has 0 aliphatic carbocycles. The van der Waals surface area contributed by atoms with E-state index in [0.717, 1.165) is 24.7 Å². The third-order valence-corrected chi connectivity index (χ3v) is 2.30. The second kappa shape index (κ2) is 10.0. The molecule has 0 bridgehead atoms. The Hall–Kier alpha value is -0.760. The number of nitrogens with one attached hydrogen (secondary N) is 2. The van der Waals surface area contributed by atoms with E-state index in [0.29, 0.717) is 13.2 Å². The quantitative estimate of drug-likeness (QED) is 0.336. The maximum atomic E-state index is 5.29. The van der Waals surface area contributed by atoms with Crippen molar-refractivity contribution >= 4 is 29.9 Å². The van der Waals surface area contributed by atoms with E-state index in [-0.39, 0.29) is 29.5 Å². The number of rotatable bonds is 6. The van der Waals surface area contributed by atoms with E-state index in [2.05, 4.69) is 36.4 Å². The number of hydrogen-bond acceptors (Lipinski definition) is 3. The second-order valence-corrected chi connectivity index (χ2v) is 5.35. The Kier molecular flexibility index (Phi) is 9.66. The van der Waals surface area contributed by atoms with Crippen molar-refractivity contribution in [2.75, 3.05) is 26.8 Å². The molecule has 20 heavy (non-hydrogen) atoms.